The molecule has 1 fully saturated rings. The summed E-state index contributed by atoms with van der Waals surface area (Å²) in [6.45, 7) is 0. The van der Waals surface area contributed by atoms with Gasteiger partial charge < -0.3 is 0 Å². The van der Waals surface area contributed by atoms with Crippen molar-refractivity contribution >= 4 is 0 Å². The molecular formula is C17H11N. The first-order valence-electron chi connectivity index (χ1n) is 6.48. The minimum Gasteiger partial charge on any atom is -0.198 e. The molecule has 2 aromatic rings. The van der Waals surface area contributed by atoms with Gasteiger partial charge in [-0.2, -0.15) is 5.26 Å². The summed E-state index contributed by atoms with van der Waals surface area (Å²) in [5.41, 5.74) is 5.49. The van der Waals surface area contributed by atoms with Crippen LogP contribution in [-0.4, -0.2) is 0 Å². The average Bonchev–Trinajstić information content (AvgIpc) is 2.93. The lowest BCUT2D eigenvalue weighted by atomic mass is 9.86. The summed E-state index contributed by atoms with van der Waals surface area (Å²) in [5, 5.41) is 9.74. The van der Waals surface area contributed by atoms with Gasteiger partial charge in [-0.1, -0.05) is 48.5 Å². The topological polar surface area (TPSA) is 23.8 Å². The van der Waals surface area contributed by atoms with Crippen molar-refractivity contribution in [1.82, 2.24) is 0 Å². The molecule has 18 heavy (non-hydrogen) atoms. The molecule has 0 amide bonds. The van der Waals surface area contributed by atoms with Crippen molar-refractivity contribution < 1.29 is 0 Å². The molecule has 0 spiro atoms. The number of fused-ring (bicyclic) bond motifs is 7. The van der Waals surface area contributed by atoms with Crippen LogP contribution >= 0.6 is 0 Å². The van der Waals surface area contributed by atoms with E-state index in [0.29, 0.717) is 17.8 Å². The molecule has 3 aliphatic carbocycles. The molecule has 0 bridgehead atoms. The maximum Gasteiger partial charge on any atom is 0.0832 e. The van der Waals surface area contributed by atoms with Gasteiger partial charge in [-0.15, -0.1) is 0 Å². The normalized spacial score (nSPS) is 36.5. The Morgan fingerprint density at radius 3 is 1.67 bits per heavy atom. The van der Waals surface area contributed by atoms with Gasteiger partial charge in [-0.25, -0.2) is 0 Å². The predicted octanol–water partition coefficient (Wildman–Crippen LogP) is 3.54. The fraction of sp³-hybridized carbons (Fsp3) is 0.235. The number of hydrogen-bond acceptors (Lipinski definition) is 1. The number of nitrogens with zero attached hydrogens (tertiary/aromatic N) is 1. The lowest BCUT2D eigenvalue weighted by molar-refractivity contribution is 0.603. The third-order valence-electron chi connectivity index (χ3n) is 5.21. The number of benzene rings is 2. The van der Waals surface area contributed by atoms with Crippen LogP contribution < -0.4 is 0 Å². The van der Waals surface area contributed by atoms with Gasteiger partial charge in [0.1, 0.15) is 0 Å². The first-order chi connectivity index (χ1) is 8.89. The molecule has 84 valence electrons. The van der Waals surface area contributed by atoms with E-state index in [9.17, 15) is 5.26 Å². The maximum atomic E-state index is 9.74. The van der Waals surface area contributed by atoms with Crippen LogP contribution in [0.5, 0.6) is 0 Å². The molecule has 0 unspecified atom stereocenters. The van der Waals surface area contributed by atoms with E-state index < -0.39 is 0 Å². The van der Waals surface area contributed by atoms with Crippen LogP contribution in [-0.2, 0) is 0 Å². The highest BCUT2D eigenvalue weighted by molar-refractivity contribution is 5.70. The Hall–Kier alpha value is -2.07. The fourth-order valence-corrected chi connectivity index (χ4v) is 4.64. The van der Waals surface area contributed by atoms with Crippen LogP contribution in [0.3, 0.4) is 0 Å². The molecule has 2 atom stereocenters. The second-order valence-corrected chi connectivity index (χ2v) is 5.69. The average molecular weight is 229 g/mol. The Kier molecular flexibility index (Phi) is 1.25. The SMILES string of the molecule is N#CC12C3c4ccccc4[C@H]1[C@@H]2c1ccccc13. The quantitative estimate of drug-likeness (QED) is 0.678. The Morgan fingerprint density at radius 1 is 0.778 bits per heavy atom. The lowest BCUT2D eigenvalue weighted by Gasteiger charge is -2.15. The molecule has 1 nitrogen and oxygen atoms in total. The van der Waals surface area contributed by atoms with Crippen LogP contribution in [0.15, 0.2) is 48.5 Å². The number of rotatable bonds is 0. The van der Waals surface area contributed by atoms with Crippen LogP contribution in [0.2, 0.25) is 0 Å². The van der Waals surface area contributed by atoms with Gasteiger partial charge in [0.25, 0.3) is 0 Å². The van der Waals surface area contributed by atoms with E-state index in [0.717, 1.165) is 0 Å². The molecule has 1 saturated carbocycles. The summed E-state index contributed by atoms with van der Waals surface area (Å²) in [7, 11) is 0. The highest BCUT2D eigenvalue weighted by Crippen LogP contribution is 2.85. The molecule has 0 saturated heterocycles. The first-order valence-corrected chi connectivity index (χ1v) is 6.48. The van der Waals surface area contributed by atoms with Crippen molar-refractivity contribution in [2.75, 3.05) is 0 Å². The van der Waals surface area contributed by atoms with Gasteiger partial charge in [-0.05, 0) is 22.3 Å². The Morgan fingerprint density at radius 2 is 1.22 bits per heavy atom. The fourth-order valence-electron chi connectivity index (χ4n) is 4.64. The van der Waals surface area contributed by atoms with Gasteiger partial charge >= 0.3 is 0 Å². The van der Waals surface area contributed by atoms with E-state index in [1.54, 1.807) is 0 Å². The molecule has 0 N–H and O–H groups in total. The Bertz CT molecular complexity index is 684. The van der Waals surface area contributed by atoms with Crippen molar-refractivity contribution in [1.29, 1.82) is 5.26 Å². The first kappa shape index (κ1) is 8.94. The van der Waals surface area contributed by atoms with E-state index in [4.69, 9.17) is 0 Å². The summed E-state index contributed by atoms with van der Waals surface area (Å²) in [5.74, 6) is 1.24. The van der Waals surface area contributed by atoms with Gasteiger partial charge in [0, 0.05) is 17.8 Å². The molecule has 3 aliphatic rings. The molecular weight excluding hydrogens is 218 g/mol. The predicted molar refractivity (Wildman–Crippen MR) is 68.3 cm³/mol. The Labute approximate surface area is 106 Å². The van der Waals surface area contributed by atoms with Gasteiger partial charge in [-0.3, -0.25) is 0 Å². The van der Waals surface area contributed by atoms with Crippen LogP contribution in [0.1, 0.15) is 40.0 Å². The van der Waals surface area contributed by atoms with E-state index >= 15 is 0 Å². The van der Waals surface area contributed by atoms with Crippen LogP contribution in [0, 0.1) is 16.7 Å². The molecule has 5 rings (SSSR count). The molecule has 0 heterocycles. The van der Waals surface area contributed by atoms with Crippen molar-refractivity contribution in [3.8, 4) is 6.07 Å². The number of hydrogen-bond donors (Lipinski definition) is 0. The monoisotopic (exact) mass is 229 g/mol. The highest BCUT2D eigenvalue weighted by Gasteiger charge is 2.78. The summed E-state index contributed by atoms with van der Waals surface area (Å²) in [6.07, 6.45) is 0. The van der Waals surface area contributed by atoms with Crippen LogP contribution in [0.4, 0.5) is 0 Å². The zero-order valence-electron chi connectivity index (χ0n) is 9.80. The molecule has 0 aromatic heterocycles. The van der Waals surface area contributed by atoms with Crippen LogP contribution in [0.25, 0.3) is 0 Å². The minimum absolute atomic E-state index is 0.145. The zero-order chi connectivity index (χ0) is 11.9. The Balaban J connectivity index is 1.90. The summed E-state index contributed by atoms with van der Waals surface area (Å²) in [4.78, 5) is 0. The standard InChI is InChI=1S/C17H11N/c18-9-17-14-10-5-1-3-7-12(10)15(17)16(17)13-8-4-2-6-11(13)14/h1-8,14-16H/t14?,15-,16-,17?/m0/s1. The van der Waals surface area contributed by atoms with E-state index in [1.165, 1.54) is 22.3 Å². The van der Waals surface area contributed by atoms with Gasteiger partial charge in [0.15, 0.2) is 0 Å². The van der Waals surface area contributed by atoms with E-state index in [-0.39, 0.29) is 5.41 Å². The highest BCUT2D eigenvalue weighted by atomic mass is 14.8. The summed E-state index contributed by atoms with van der Waals surface area (Å²) in [6, 6.07) is 20.0. The van der Waals surface area contributed by atoms with Gasteiger partial charge in [0.05, 0.1) is 11.5 Å². The zero-order valence-corrected chi connectivity index (χ0v) is 9.80. The van der Waals surface area contributed by atoms with Crippen molar-refractivity contribution in [3.05, 3.63) is 70.8 Å². The third-order valence-corrected chi connectivity index (χ3v) is 5.21. The molecule has 1 heteroatoms. The maximum absolute atomic E-state index is 9.74. The summed E-state index contributed by atoms with van der Waals surface area (Å²) < 4.78 is 0. The smallest absolute Gasteiger partial charge is 0.0832 e. The second kappa shape index (κ2) is 2.52. The summed E-state index contributed by atoms with van der Waals surface area (Å²) >= 11 is 0. The van der Waals surface area contributed by atoms with E-state index in [2.05, 4.69) is 54.6 Å². The second-order valence-electron chi connectivity index (χ2n) is 5.69. The molecule has 0 radical (unpaired) electrons. The molecule has 2 aromatic carbocycles. The largest absolute Gasteiger partial charge is 0.198 e. The number of nitriles is 1. The van der Waals surface area contributed by atoms with Crippen molar-refractivity contribution in [2.45, 2.75) is 17.8 Å². The van der Waals surface area contributed by atoms with Crippen molar-refractivity contribution in [2.24, 2.45) is 5.41 Å². The van der Waals surface area contributed by atoms with Gasteiger partial charge in [0.2, 0.25) is 0 Å². The van der Waals surface area contributed by atoms with Crippen molar-refractivity contribution in [3.63, 3.8) is 0 Å². The lowest BCUT2D eigenvalue weighted by Crippen LogP contribution is -2.07. The molecule has 0 aliphatic heterocycles. The third kappa shape index (κ3) is 0.671. The van der Waals surface area contributed by atoms with E-state index in [1.807, 2.05) is 0 Å². The minimum atomic E-state index is -0.145.